The number of aryl methyl sites for hydroxylation is 1. The van der Waals surface area contributed by atoms with E-state index in [9.17, 15) is 32.3 Å². The molecule has 3 aliphatic rings. The van der Waals surface area contributed by atoms with Crippen LogP contribution in [0.2, 0.25) is 0 Å². The number of benzene rings is 1. The molecule has 3 fully saturated rings. The highest BCUT2D eigenvalue weighted by Crippen LogP contribution is 2.37. The van der Waals surface area contributed by atoms with Gasteiger partial charge < -0.3 is 19.9 Å². The number of amides is 3. The fourth-order valence-corrected chi connectivity index (χ4v) is 8.61. The first-order valence-electron chi connectivity index (χ1n) is 18.8. The third-order valence-electron chi connectivity index (χ3n) is 11.5. The highest BCUT2D eigenvalue weighted by molar-refractivity contribution is 6.08. The number of fused-ring (bicyclic) bond motifs is 2. The lowest BCUT2D eigenvalue weighted by Gasteiger charge is -2.40. The molecule has 56 heavy (non-hydrogen) atoms. The van der Waals surface area contributed by atoms with Crippen LogP contribution in [0, 0.1) is 5.92 Å². The van der Waals surface area contributed by atoms with Crippen LogP contribution in [0.3, 0.4) is 0 Å². The quantitative estimate of drug-likeness (QED) is 0.209. The lowest BCUT2D eigenvalue weighted by Crippen LogP contribution is -2.45. The largest absolute Gasteiger partial charge is 0.574 e. The Balaban J connectivity index is 0.878. The predicted molar refractivity (Wildman–Crippen MR) is 197 cm³/mol. The topological polar surface area (TPSA) is 166 Å². The molecule has 8 rings (SSSR count). The molecule has 0 bridgehead atoms. The van der Waals surface area contributed by atoms with Crippen molar-refractivity contribution in [3.05, 3.63) is 65.1 Å². The number of imide groups is 1. The van der Waals surface area contributed by atoms with Gasteiger partial charge >= 0.3 is 12.1 Å². The van der Waals surface area contributed by atoms with Crippen LogP contribution >= 0.6 is 0 Å². The fraction of sp³-hybridized carbons (Fsp3) is 0.486. The summed E-state index contributed by atoms with van der Waals surface area (Å²) in [6, 6.07) is 6.84. The van der Waals surface area contributed by atoms with Crippen molar-refractivity contribution in [2.45, 2.75) is 75.9 Å². The smallest absolute Gasteiger partial charge is 0.384 e. The molecule has 6 heterocycles. The van der Waals surface area contributed by atoms with Crippen LogP contribution < -0.4 is 26.0 Å². The molecule has 0 radical (unpaired) electrons. The molecule has 2 saturated heterocycles. The Morgan fingerprint density at radius 2 is 1.82 bits per heavy atom. The van der Waals surface area contributed by atoms with Crippen LogP contribution in [0.5, 0.6) is 5.88 Å². The molecule has 16 nitrogen and oxygen atoms in total. The van der Waals surface area contributed by atoms with Crippen molar-refractivity contribution in [2.24, 2.45) is 13.0 Å². The molecule has 2 N–H and O–H groups in total. The van der Waals surface area contributed by atoms with Crippen LogP contribution in [0.4, 0.5) is 24.5 Å². The lowest BCUT2D eigenvalue weighted by molar-refractivity contribution is -0.276. The van der Waals surface area contributed by atoms with Crippen LogP contribution in [0.1, 0.15) is 73.8 Å². The van der Waals surface area contributed by atoms with Gasteiger partial charge in [0.25, 0.3) is 11.8 Å². The van der Waals surface area contributed by atoms with Crippen molar-refractivity contribution < 1.29 is 32.3 Å². The standard InChI is InChI=1S/C37H42F3N11O5/c1-46(23-13-17-48(18-14-23)27-5-3-6-28-31(27)47(2)36(55)51(28)29-11-12-30(52)44-34(29)54)20-22-7-9-24(10-8-22)50-21-26(35(45-50)56-37(38,39)40)43-33(53)25-19-42-49-16-4-15-41-32(25)49/h3-6,15-16,19,21-24,29H,7-14,17-18,20H2,1-2H3,(H,43,53)(H,44,52,54)/t22-,24-,29?. The molecule has 296 valence electrons. The maximum absolute atomic E-state index is 13.4. The van der Waals surface area contributed by atoms with Crippen LogP contribution in [0.25, 0.3) is 16.7 Å². The minimum atomic E-state index is -5.00. The van der Waals surface area contributed by atoms with Gasteiger partial charge in [-0.15, -0.1) is 18.3 Å². The first-order valence-corrected chi connectivity index (χ1v) is 18.8. The second-order valence-corrected chi connectivity index (χ2v) is 14.9. The molecule has 1 unspecified atom stereocenters. The summed E-state index contributed by atoms with van der Waals surface area (Å²) >= 11 is 0. The Kier molecular flexibility index (Phi) is 9.80. The average molecular weight is 778 g/mol. The summed E-state index contributed by atoms with van der Waals surface area (Å²) < 4.78 is 50.3. The number of carbonyl (C=O) groups is 3. The Morgan fingerprint density at radius 3 is 2.55 bits per heavy atom. The Bertz CT molecular complexity index is 2350. The lowest BCUT2D eigenvalue weighted by atomic mass is 9.85. The number of halogens is 3. The van der Waals surface area contributed by atoms with E-state index in [2.05, 4.69) is 47.4 Å². The molecule has 1 aromatic carbocycles. The van der Waals surface area contributed by atoms with E-state index in [-0.39, 0.29) is 47.4 Å². The van der Waals surface area contributed by atoms with Crippen LogP contribution in [-0.2, 0) is 16.6 Å². The molecule has 0 spiro atoms. The number of imidazole rings is 1. The van der Waals surface area contributed by atoms with Gasteiger partial charge in [-0.1, -0.05) is 6.07 Å². The average Bonchev–Trinajstić information content (AvgIpc) is 3.85. The SMILES string of the molecule is CN(C[C@H]1CC[C@H](n2cc(NC(=O)c3cnn4cccnc34)c(OC(F)(F)F)n2)CC1)C1CCN(c2cccc3c2n(C)c(=O)n3C2CCC(=O)NC2=O)CC1. The number of para-hydroxylation sites is 1. The highest BCUT2D eigenvalue weighted by Gasteiger charge is 2.36. The molecule has 1 saturated carbocycles. The molecule has 2 aliphatic heterocycles. The summed E-state index contributed by atoms with van der Waals surface area (Å²) in [5, 5.41) is 13.1. The molecule has 1 atom stereocenters. The zero-order valence-electron chi connectivity index (χ0n) is 30.9. The van der Waals surface area contributed by atoms with E-state index in [1.165, 1.54) is 32.4 Å². The van der Waals surface area contributed by atoms with Crippen molar-refractivity contribution in [1.82, 2.24) is 43.7 Å². The molecule has 19 heteroatoms. The van der Waals surface area contributed by atoms with E-state index in [0.717, 1.165) is 56.5 Å². The summed E-state index contributed by atoms with van der Waals surface area (Å²) in [5.74, 6) is -1.81. The maximum atomic E-state index is 13.4. The van der Waals surface area contributed by atoms with E-state index in [4.69, 9.17) is 0 Å². The van der Waals surface area contributed by atoms with E-state index < -0.39 is 30.1 Å². The zero-order valence-corrected chi connectivity index (χ0v) is 30.9. The number of rotatable bonds is 9. The maximum Gasteiger partial charge on any atom is 0.574 e. The summed E-state index contributed by atoms with van der Waals surface area (Å²) in [6.07, 6.45) is 6.20. The van der Waals surface area contributed by atoms with Gasteiger partial charge in [-0.25, -0.2) is 14.3 Å². The number of anilines is 2. The Morgan fingerprint density at radius 1 is 1.05 bits per heavy atom. The van der Waals surface area contributed by atoms with E-state index in [0.29, 0.717) is 30.3 Å². The summed E-state index contributed by atoms with van der Waals surface area (Å²) in [6.45, 7) is 2.45. The van der Waals surface area contributed by atoms with Gasteiger partial charge in [0.2, 0.25) is 11.8 Å². The van der Waals surface area contributed by atoms with Gasteiger partial charge in [0, 0.05) is 51.5 Å². The van der Waals surface area contributed by atoms with Crippen LogP contribution in [0.15, 0.2) is 53.8 Å². The van der Waals surface area contributed by atoms with Gasteiger partial charge in [0.15, 0.2) is 5.65 Å². The molecular formula is C37H42F3N11O5. The first kappa shape index (κ1) is 37.2. The first-order chi connectivity index (χ1) is 26.8. The number of piperidine rings is 2. The number of alkyl halides is 3. The molecule has 4 aromatic heterocycles. The summed E-state index contributed by atoms with van der Waals surface area (Å²) in [5.41, 5.74) is 2.23. The number of aromatic nitrogens is 7. The normalized spacial score (nSPS) is 21.2. The molecule has 1 aliphatic carbocycles. The Labute approximate surface area is 318 Å². The zero-order chi connectivity index (χ0) is 39.3. The highest BCUT2D eigenvalue weighted by atomic mass is 19.4. The number of carbonyl (C=O) groups excluding carboxylic acids is 3. The second-order valence-electron chi connectivity index (χ2n) is 14.9. The molecular weight excluding hydrogens is 735 g/mol. The van der Waals surface area contributed by atoms with Crippen LogP contribution in [-0.4, -0.2) is 95.2 Å². The van der Waals surface area contributed by atoms with Crippen molar-refractivity contribution in [2.75, 3.05) is 36.9 Å². The van der Waals surface area contributed by atoms with Crippen molar-refractivity contribution in [3.63, 3.8) is 0 Å². The van der Waals surface area contributed by atoms with E-state index in [1.54, 1.807) is 23.9 Å². The number of nitrogens with zero attached hydrogens (tertiary/aromatic N) is 9. The minimum Gasteiger partial charge on any atom is -0.384 e. The number of ether oxygens (including phenoxy) is 1. The van der Waals surface area contributed by atoms with Crippen molar-refractivity contribution in [1.29, 1.82) is 0 Å². The van der Waals surface area contributed by atoms with Gasteiger partial charge in [-0.05, 0) is 76.1 Å². The fourth-order valence-electron chi connectivity index (χ4n) is 8.61. The predicted octanol–water partition coefficient (Wildman–Crippen LogP) is 4.04. The summed E-state index contributed by atoms with van der Waals surface area (Å²) in [7, 11) is 3.85. The Hall–Kier alpha value is -5.72. The van der Waals surface area contributed by atoms with E-state index in [1.807, 2.05) is 18.2 Å². The monoisotopic (exact) mass is 777 g/mol. The van der Waals surface area contributed by atoms with E-state index >= 15 is 0 Å². The number of hydrogen-bond acceptors (Lipinski definition) is 10. The van der Waals surface area contributed by atoms with Crippen molar-refractivity contribution in [3.8, 4) is 5.88 Å². The minimum absolute atomic E-state index is 0.0950. The third kappa shape index (κ3) is 7.22. The number of hydrogen-bond donors (Lipinski definition) is 2. The van der Waals surface area contributed by atoms with Gasteiger partial charge in [-0.2, -0.15) is 5.10 Å². The van der Waals surface area contributed by atoms with Crippen molar-refractivity contribution >= 4 is 45.8 Å². The molecule has 3 amide bonds. The molecule has 5 aromatic rings. The van der Waals surface area contributed by atoms with Gasteiger partial charge in [0.05, 0.1) is 35.2 Å². The summed E-state index contributed by atoms with van der Waals surface area (Å²) in [4.78, 5) is 59.8. The number of nitrogens with one attached hydrogen (secondary N) is 2. The third-order valence-corrected chi connectivity index (χ3v) is 11.5. The second kappa shape index (κ2) is 14.7. The van der Waals surface area contributed by atoms with Gasteiger partial charge in [0.1, 0.15) is 17.3 Å². The van der Waals surface area contributed by atoms with Gasteiger partial charge in [-0.3, -0.25) is 33.5 Å².